The average Bonchev–Trinajstić information content (AvgIpc) is 2.60. The van der Waals surface area contributed by atoms with Crippen LogP contribution in [0.2, 0.25) is 5.02 Å². The van der Waals surface area contributed by atoms with Gasteiger partial charge < -0.3 is 10.6 Å². The molecule has 0 aromatic heterocycles. The molecule has 2 amide bonds. The van der Waals surface area contributed by atoms with Crippen LogP contribution < -0.4 is 10.6 Å². The Balaban J connectivity index is 2.12. The van der Waals surface area contributed by atoms with Crippen LogP contribution in [-0.4, -0.2) is 11.8 Å². The lowest BCUT2D eigenvalue weighted by molar-refractivity contribution is -0.123. The smallest absolute Gasteiger partial charge is 0.222 e. The molecule has 5 heteroatoms. The summed E-state index contributed by atoms with van der Waals surface area (Å²) in [6.45, 7) is 5.57. The van der Waals surface area contributed by atoms with E-state index in [0.717, 1.165) is 11.1 Å². The molecule has 0 aliphatic carbocycles. The first-order valence-electron chi connectivity index (χ1n) is 8.73. The van der Waals surface area contributed by atoms with Gasteiger partial charge in [-0.3, -0.25) is 9.59 Å². The van der Waals surface area contributed by atoms with Crippen molar-refractivity contribution in [2.24, 2.45) is 5.92 Å². The van der Waals surface area contributed by atoms with E-state index in [9.17, 15) is 9.59 Å². The molecule has 0 fully saturated rings. The first kappa shape index (κ1) is 20.0. The van der Waals surface area contributed by atoms with Crippen LogP contribution in [0.15, 0.2) is 54.6 Å². The fourth-order valence-corrected chi connectivity index (χ4v) is 3.03. The zero-order valence-electron chi connectivity index (χ0n) is 15.3. The Hall–Kier alpha value is -2.33. The van der Waals surface area contributed by atoms with Crippen molar-refractivity contribution >= 4 is 23.4 Å². The maximum Gasteiger partial charge on any atom is 0.222 e. The minimum atomic E-state index is -0.355. The number of hydrogen-bond acceptors (Lipinski definition) is 2. The summed E-state index contributed by atoms with van der Waals surface area (Å²) in [6, 6.07) is 16.5. The third kappa shape index (κ3) is 5.88. The minimum absolute atomic E-state index is 0.110. The molecule has 0 spiro atoms. The van der Waals surface area contributed by atoms with Gasteiger partial charge >= 0.3 is 0 Å². The fraction of sp³-hybridized carbons (Fsp3) is 0.333. The summed E-state index contributed by atoms with van der Waals surface area (Å²) in [5.41, 5.74) is 1.92. The van der Waals surface area contributed by atoms with Crippen LogP contribution >= 0.6 is 11.6 Å². The Morgan fingerprint density at radius 3 is 2.08 bits per heavy atom. The van der Waals surface area contributed by atoms with Gasteiger partial charge in [0, 0.05) is 11.9 Å². The highest BCUT2D eigenvalue weighted by atomic mass is 35.5. The van der Waals surface area contributed by atoms with Crippen molar-refractivity contribution in [3.05, 3.63) is 70.7 Å². The SMILES string of the molecule is CC(=O)NC(CC(=O)NC(c1ccc(Cl)cc1)C(C)C)c1ccccc1. The topological polar surface area (TPSA) is 58.2 Å². The number of carbonyl (C=O) groups excluding carboxylic acids is 2. The Morgan fingerprint density at radius 1 is 0.923 bits per heavy atom. The molecule has 0 saturated heterocycles. The quantitative estimate of drug-likeness (QED) is 0.755. The third-order valence-electron chi connectivity index (χ3n) is 4.18. The molecular formula is C21H25ClN2O2. The van der Waals surface area contributed by atoms with Gasteiger partial charge in [-0.25, -0.2) is 0 Å². The molecule has 26 heavy (non-hydrogen) atoms. The summed E-state index contributed by atoms with van der Waals surface area (Å²) in [4.78, 5) is 24.2. The minimum Gasteiger partial charge on any atom is -0.349 e. The molecule has 2 aromatic rings. The molecule has 2 unspecified atom stereocenters. The maximum atomic E-state index is 12.7. The fourth-order valence-electron chi connectivity index (χ4n) is 2.91. The summed E-state index contributed by atoms with van der Waals surface area (Å²) in [5.74, 6) is -0.0536. The van der Waals surface area contributed by atoms with E-state index < -0.39 is 0 Å². The zero-order valence-corrected chi connectivity index (χ0v) is 16.1. The highest BCUT2D eigenvalue weighted by Gasteiger charge is 2.22. The predicted octanol–water partition coefficient (Wildman–Crippen LogP) is 4.42. The summed E-state index contributed by atoms with van der Waals surface area (Å²) in [5, 5.41) is 6.62. The number of carbonyl (C=O) groups is 2. The largest absolute Gasteiger partial charge is 0.349 e. The standard InChI is InChI=1S/C21H25ClN2O2/c1-14(2)21(17-9-11-18(22)12-10-17)24-20(26)13-19(23-15(3)25)16-7-5-4-6-8-16/h4-12,14,19,21H,13H2,1-3H3,(H,23,25)(H,24,26). The van der Waals surface area contributed by atoms with Gasteiger partial charge in [0.1, 0.15) is 0 Å². The molecule has 0 saturated carbocycles. The van der Waals surface area contributed by atoms with E-state index in [1.165, 1.54) is 6.92 Å². The van der Waals surface area contributed by atoms with Crippen LogP contribution in [0, 0.1) is 5.92 Å². The molecule has 2 atom stereocenters. The molecular weight excluding hydrogens is 348 g/mol. The number of hydrogen-bond donors (Lipinski definition) is 2. The Bertz CT molecular complexity index is 729. The van der Waals surface area contributed by atoms with Crippen molar-refractivity contribution in [3.8, 4) is 0 Å². The number of halogens is 1. The predicted molar refractivity (Wildman–Crippen MR) is 105 cm³/mol. The summed E-state index contributed by atoms with van der Waals surface area (Å²) >= 11 is 5.96. The first-order valence-corrected chi connectivity index (χ1v) is 9.11. The Labute approximate surface area is 159 Å². The summed E-state index contributed by atoms with van der Waals surface area (Å²) in [7, 11) is 0. The van der Waals surface area contributed by atoms with Crippen LogP contribution in [0.1, 0.15) is 50.4 Å². The molecule has 4 nitrogen and oxygen atoms in total. The molecule has 0 heterocycles. The van der Waals surface area contributed by atoms with Crippen molar-refractivity contribution in [3.63, 3.8) is 0 Å². The van der Waals surface area contributed by atoms with Crippen molar-refractivity contribution in [1.82, 2.24) is 10.6 Å². The van der Waals surface area contributed by atoms with Crippen molar-refractivity contribution in [2.75, 3.05) is 0 Å². The molecule has 0 radical (unpaired) electrons. The van der Waals surface area contributed by atoms with Crippen LogP contribution in [0.4, 0.5) is 0 Å². The van der Waals surface area contributed by atoms with Crippen molar-refractivity contribution < 1.29 is 9.59 Å². The van der Waals surface area contributed by atoms with E-state index in [4.69, 9.17) is 11.6 Å². The summed E-state index contributed by atoms with van der Waals surface area (Å²) < 4.78 is 0. The van der Waals surface area contributed by atoms with Gasteiger partial charge in [0.15, 0.2) is 0 Å². The van der Waals surface area contributed by atoms with E-state index >= 15 is 0 Å². The molecule has 2 N–H and O–H groups in total. The molecule has 138 valence electrons. The van der Waals surface area contributed by atoms with Gasteiger partial charge in [-0.2, -0.15) is 0 Å². The number of amides is 2. The van der Waals surface area contributed by atoms with E-state index in [1.54, 1.807) is 0 Å². The summed E-state index contributed by atoms with van der Waals surface area (Å²) in [6.07, 6.45) is 0.181. The molecule has 0 aliphatic heterocycles. The molecule has 2 rings (SSSR count). The highest BCUT2D eigenvalue weighted by Crippen LogP contribution is 2.24. The van der Waals surface area contributed by atoms with Crippen LogP contribution in [0.5, 0.6) is 0 Å². The number of nitrogens with one attached hydrogen (secondary N) is 2. The average molecular weight is 373 g/mol. The zero-order chi connectivity index (χ0) is 19.1. The molecule has 0 aliphatic rings. The van der Waals surface area contributed by atoms with E-state index in [1.807, 2.05) is 54.6 Å². The van der Waals surface area contributed by atoms with Crippen molar-refractivity contribution in [2.45, 2.75) is 39.3 Å². The lowest BCUT2D eigenvalue weighted by Gasteiger charge is -2.25. The van der Waals surface area contributed by atoms with Gasteiger partial charge in [0.25, 0.3) is 0 Å². The maximum absolute atomic E-state index is 12.7. The second-order valence-electron chi connectivity index (χ2n) is 6.71. The second kappa shape index (κ2) is 9.39. The van der Waals surface area contributed by atoms with Crippen molar-refractivity contribution in [1.29, 1.82) is 0 Å². The normalized spacial score (nSPS) is 13.1. The van der Waals surface area contributed by atoms with Crippen LogP contribution in [-0.2, 0) is 9.59 Å². The molecule has 0 bridgehead atoms. The lowest BCUT2D eigenvalue weighted by atomic mass is 9.95. The lowest BCUT2D eigenvalue weighted by Crippen LogP contribution is -2.36. The van der Waals surface area contributed by atoms with Crippen LogP contribution in [0.3, 0.4) is 0 Å². The van der Waals surface area contributed by atoms with Crippen LogP contribution in [0.25, 0.3) is 0 Å². The number of benzene rings is 2. The van der Waals surface area contributed by atoms with Gasteiger partial charge in [0.2, 0.25) is 11.8 Å². The van der Waals surface area contributed by atoms with E-state index in [0.29, 0.717) is 5.02 Å². The van der Waals surface area contributed by atoms with E-state index in [-0.39, 0.29) is 36.2 Å². The number of rotatable bonds is 7. The monoisotopic (exact) mass is 372 g/mol. The van der Waals surface area contributed by atoms with Gasteiger partial charge in [0.05, 0.1) is 18.5 Å². The Morgan fingerprint density at radius 2 is 1.54 bits per heavy atom. The Kier molecular flexibility index (Phi) is 7.22. The highest BCUT2D eigenvalue weighted by molar-refractivity contribution is 6.30. The first-order chi connectivity index (χ1) is 12.4. The molecule has 2 aromatic carbocycles. The van der Waals surface area contributed by atoms with Gasteiger partial charge in [-0.1, -0.05) is 67.9 Å². The van der Waals surface area contributed by atoms with E-state index in [2.05, 4.69) is 24.5 Å². The second-order valence-corrected chi connectivity index (χ2v) is 7.15. The van der Waals surface area contributed by atoms with Gasteiger partial charge in [-0.15, -0.1) is 0 Å². The third-order valence-corrected chi connectivity index (χ3v) is 4.43. The van der Waals surface area contributed by atoms with Gasteiger partial charge in [-0.05, 0) is 29.2 Å².